The van der Waals surface area contributed by atoms with E-state index in [1.165, 1.54) is 17.7 Å². The minimum Gasteiger partial charge on any atom is -0.504 e. The standard InChI is InChI=1S/C20H22FNO2/c1-2-24-19-5-3-4-17(20(19)23)14-22-12-10-16(11-13-22)15-6-8-18(21)9-7-15/h3-10,23H,2,11-14H2,1H3. The monoisotopic (exact) mass is 327 g/mol. The third-order valence-corrected chi connectivity index (χ3v) is 4.28. The Morgan fingerprint density at radius 3 is 2.62 bits per heavy atom. The molecule has 0 bridgehead atoms. The minimum atomic E-state index is -0.207. The molecule has 3 nitrogen and oxygen atoms in total. The summed E-state index contributed by atoms with van der Waals surface area (Å²) in [5.74, 6) is 0.559. The van der Waals surface area contributed by atoms with Crippen molar-refractivity contribution in [3.63, 3.8) is 0 Å². The van der Waals surface area contributed by atoms with Crippen LogP contribution < -0.4 is 4.74 Å². The SMILES string of the molecule is CCOc1cccc(CN2CC=C(c3ccc(F)cc3)CC2)c1O. The van der Waals surface area contributed by atoms with Crippen LogP contribution in [0.2, 0.25) is 0 Å². The van der Waals surface area contributed by atoms with Crippen molar-refractivity contribution in [2.24, 2.45) is 0 Å². The van der Waals surface area contributed by atoms with E-state index in [9.17, 15) is 9.50 Å². The molecule has 1 aliphatic heterocycles. The first-order valence-electron chi connectivity index (χ1n) is 8.28. The van der Waals surface area contributed by atoms with E-state index >= 15 is 0 Å². The normalized spacial score (nSPS) is 15.2. The molecule has 0 aromatic heterocycles. The zero-order valence-electron chi connectivity index (χ0n) is 13.8. The lowest BCUT2D eigenvalue weighted by Gasteiger charge is -2.27. The summed E-state index contributed by atoms with van der Waals surface area (Å²) in [4.78, 5) is 2.28. The molecule has 0 atom stereocenters. The molecule has 0 radical (unpaired) electrons. The van der Waals surface area contributed by atoms with Gasteiger partial charge in [0.25, 0.3) is 0 Å². The Kier molecular flexibility index (Phi) is 5.16. The highest BCUT2D eigenvalue weighted by Gasteiger charge is 2.16. The highest BCUT2D eigenvalue weighted by molar-refractivity contribution is 5.66. The van der Waals surface area contributed by atoms with Gasteiger partial charge in [-0.2, -0.15) is 0 Å². The molecule has 4 heteroatoms. The van der Waals surface area contributed by atoms with Gasteiger partial charge in [0.15, 0.2) is 11.5 Å². The van der Waals surface area contributed by atoms with Gasteiger partial charge in [-0.25, -0.2) is 4.39 Å². The van der Waals surface area contributed by atoms with E-state index in [4.69, 9.17) is 4.74 Å². The molecule has 2 aromatic rings. The van der Waals surface area contributed by atoms with Crippen molar-refractivity contribution >= 4 is 5.57 Å². The molecule has 0 saturated heterocycles. The molecule has 126 valence electrons. The van der Waals surface area contributed by atoms with E-state index in [-0.39, 0.29) is 11.6 Å². The van der Waals surface area contributed by atoms with Crippen LogP contribution in [0.1, 0.15) is 24.5 Å². The van der Waals surface area contributed by atoms with Crippen molar-refractivity contribution in [1.29, 1.82) is 0 Å². The minimum absolute atomic E-state index is 0.207. The number of halogens is 1. The number of ether oxygens (including phenoxy) is 1. The fourth-order valence-corrected chi connectivity index (χ4v) is 2.99. The summed E-state index contributed by atoms with van der Waals surface area (Å²) in [5.41, 5.74) is 3.20. The van der Waals surface area contributed by atoms with Gasteiger partial charge in [0.05, 0.1) is 6.61 Å². The Bertz CT molecular complexity index is 725. The maximum Gasteiger partial charge on any atom is 0.162 e. The zero-order chi connectivity index (χ0) is 16.9. The number of hydrogen-bond donors (Lipinski definition) is 1. The van der Waals surface area contributed by atoms with Crippen molar-refractivity contribution < 1.29 is 14.2 Å². The Morgan fingerprint density at radius 1 is 1.17 bits per heavy atom. The van der Waals surface area contributed by atoms with Crippen molar-refractivity contribution in [3.05, 3.63) is 65.5 Å². The van der Waals surface area contributed by atoms with E-state index < -0.39 is 0 Å². The molecule has 1 N–H and O–H groups in total. The number of aromatic hydroxyl groups is 1. The van der Waals surface area contributed by atoms with Crippen LogP contribution in [0.4, 0.5) is 4.39 Å². The van der Waals surface area contributed by atoms with Crippen LogP contribution in [0.5, 0.6) is 11.5 Å². The van der Waals surface area contributed by atoms with Crippen molar-refractivity contribution in [3.8, 4) is 11.5 Å². The van der Waals surface area contributed by atoms with Gasteiger partial charge in [0, 0.05) is 25.2 Å². The van der Waals surface area contributed by atoms with Gasteiger partial charge in [-0.15, -0.1) is 0 Å². The Morgan fingerprint density at radius 2 is 1.96 bits per heavy atom. The first-order chi connectivity index (χ1) is 11.7. The Balaban J connectivity index is 1.67. The summed E-state index contributed by atoms with van der Waals surface area (Å²) in [6.45, 7) is 4.83. The highest BCUT2D eigenvalue weighted by atomic mass is 19.1. The molecule has 1 aliphatic rings. The summed E-state index contributed by atoms with van der Waals surface area (Å²) in [7, 11) is 0. The number of rotatable bonds is 5. The Hall–Kier alpha value is -2.33. The van der Waals surface area contributed by atoms with Gasteiger partial charge in [0.2, 0.25) is 0 Å². The van der Waals surface area contributed by atoms with Crippen LogP contribution in [0.3, 0.4) is 0 Å². The van der Waals surface area contributed by atoms with Gasteiger partial charge in [-0.05, 0) is 42.7 Å². The first kappa shape index (κ1) is 16.5. The van der Waals surface area contributed by atoms with Gasteiger partial charge >= 0.3 is 0 Å². The molecule has 0 amide bonds. The number of para-hydroxylation sites is 1. The molecule has 0 spiro atoms. The molecular formula is C20H22FNO2. The van der Waals surface area contributed by atoms with Crippen LogP contribution >= 0.6 is 0 Å². The number of phenols is 1. The lowest BCUT2D eigenvalue weighted by Crippen LogP contribution is -2.28. The third-order valence-electron chi connectivity index (χ3n) is 4.28. The average Bonchev–Trinajstić information content (AvgIpc) is 2.60. The van der Waals surface area contributed by atoms with E-state index in [2.05, 4.69) is 11.0 Å². The number of phenolic OH excluding ortho intramolecular Hbond substituents is 1. The number of nitrogens with zero attached hydrogens (tertiary/aromatic N) is 1. The smallest absolute Gasteiger partial charge is 0.162 e. The fourth-order valence-electron chi connectivity index (χ4n) is 2.99. The summed E-state index contributed by atoms with van der Waals surface area (Å²) < 4.78 is 18.5. The first-order valence-corrected chi connectivity index (χ1v) is 8.28. The summed E-state index contributed by atoms with van der Waals surface area (Å²) in [6.07, 6.45) is 3.09. The molecule has 3 rings (SSSR count). The average molecular weight is 327 g/mol. The van der Waals surface area contributed by atoms with Crippen LogP contribution in [-0.2, 0) is 6.54 Å². The molecular weight excluding hydrogens is 305 g/mol. The van der Waals surface area contributed by atoms with Crippen LogP contribution in [0, 0.1) is 5.82 Å². The fraction of sp³-hybridized carbons (Fsp3) is 0.300. The van der Waals surface area contributed by atoms with E-state index in [1.807, 2.05) is 31.2 Å². The molecule has 0 fully saturated rings. The lowest BCUT2D eigenvalue weighted by atomic mass is 9.99. The van der Waals surface area contributed by atoms with Gasteiger partial charge in [0.1, 0.15) is 5.82 Å². The van der Waals surface area contributed by atoms with E-state index in [0.29, 0.717) is 18.9 Å². The maximum atomic E-state index is 13.0. The number of benzene rings is 2. The molecule has 0 saturated carbocycles. The molecule has 0 aliphatic carbocycles. The quantitative estimate of drug-likeness (QED) is 0.892. The maximum absolute atomic E-state index is 13.0. The van der Waals surface area contributed by atoms with Crippen LogP contribution in [0.15, 0.2) is 48.5 Å². The Labute approximate surface area is 142 Å². The second-order valence-corrected chi connectivity index (χ2v) is 5.92. The molecule has 0 unspecified atom stereocenters. The number of hydrogen-bond acceptors (Lipinski definition) is 3. The largest absolute Gasteiger partial charge is 0.504 e. The second kappa shape index (κ2) is 7.49. The van der Waals surface area contributed by atoms with E-state index in [0.717, 1.165) is 30.6 Å². The van der Waals surface area contributed by atoms with Crippen molar-refractivity contribution in [2.45, 2.75) is 19.9 Å². The topological polar surface area (TPSA) is 32.7 Å². The zero-order valence-corrected chi connectivity index (χ0v) is 13.8. The highest BCUT2D eigenvalue weighted by Crippen LogP contribution is 2.31. The van der Waals surface area contributed by atoms with Crippen molar-refractivity contribution in [2.75, 3.05) is 19.7 Å². The van der Waals surface area contributed by atoms with Gasteiger partial charge < -0.3 is 9.84 Å². The van der Waals surface area contributed by atoms with Crippen LogP contribution in [0.25, 0.3) is 5.57 Å². The molecule has 1 heterocycles. The predicted molar refractivity (Wildman–Crippen MR) is 93.5 cm³/mol. The summed E-state index contributed by atoms with van der Waals surface area (Å²) >= 11 is 0. The summed E-state index contributed by atoms with van der Waals surface area (Å²) in [5, 5.41) is 10.3. The van der Waals surface area contributed by atoms with Crippen LogP contribution in [-0.4, -0.2) is 29.7 Å². The van der Waals surface area contributed by atoms with E-state index in [1.54, 1.807) is 6.07 Å². The molecule has 24 heavy (non-hydrogen) atoms. The van der Waals surface area contributed by atoms with Gasteiger partial charge in [-0.1, -0.05) is 30.3 Å². The summed E-state index contributed by atoms with van der Waals surface area (Å²) in [6, 6.07) is 12.3. The second-order valence-electron chi connectivity index (χ2n) is 5.92. The predicted octanol–water partition coefficient (Wildman–Crippen LogP) is 4.22. The van der Waals surface area contributed by atoms with Crippen molar-refractivity contribution in [1.82, 2.24) is 4.90 Å². The molecule has 2 aromatic carbocycles. The lowest BCUT2D eigenvalue weighted by molar-refractivity contribution is 0.282. The van der Waals surface area contributed by atoms with Gasteiger partial charge in [-0.3, -0.25) is 4.90 Å². The third kappa shape index (κ3) is 3.77.